The van der Waals surface area contributed by atoms with Crippen LogP contribution in [-0.4, -0.2) is 30.6 Å². The van der Waals surface area contributed by atoms with Crippen molar-refractivity contribution in [1.29, 1.82) is 0 Å². The fraction of sp³-hybridized carbons (Fsp3) is 0. The van der Waals surface area contributed by atoms with E-state index in [1.54, 1.807) is 6.07 Å². The first-order chi connectivity index (χ1) is 10.4. The summed E-state index contributed by atoms with van der Waals surface area (Å²) in [7, 11) is -2.88. The Bertz CT molecular complexity index is 816. The van der Waals surface area contributed by atoms with Gasteiger partial charge in [-0.2, -0.15) is 0 Å². The van der Waals surface area contributed by atoms with Crippen LogP contribution in [0.4, 0.5) is 0 Å². The zero-order valence-corrected chi connectivity index (χ0v) is 11.8. The molecule has 2 N–H and O–H groups in total. The summed E-state index contributed by atoms with van der Waals surface area (Å²) in [5.41, 5.74) is -0.836. The summed E-state index contributed by atoms with van der Waals surface area (Å²) in [6.45, 7) is 0. The third-order valence-corrected chi connectivity index (χ3v) is 3.50. The Morgan fingerprint density at radius 3 is 2.14 bits per heavy atom. The normalized spacial score (nSPS) is 10.4. The summed E-state index contributed by atoms with van der Waals surface area (Å²) in [5.74, 6) is -2.76. The van der Waals surface area contributed by atoms with E-state index < -0.39 is 28.2 Å². The lowest BCUT2D eigenvalue weighted by atomic mass is 10.1. The fourth-order valence-corrected chi connectivity index (χ4v) is 2.28. The maximum absolute atomic E-state index is 11.1. The van der Waals surface area contributed by atoms with Crippen molar-refractivity contribution in [3.8, 4) is 11.5 Å². The van der Waals surface area contributed by atoms with Gasteiger partial charge in [0.2, 0.25) is 0 Å². The SMILES string of the molecule is O=C(O)c1ccc(Oc2ccccc2[SH](=O)=O)cc1C(=O)O. The number of aromatic carboxylic acids is 2. The Morgan fingerprint density at radius 2 is 1.55 bits per heavy atom. The molecular weight excluding hydrogens is 312 g/mol. The van der Waals surface area contributed by atoms with Gasteiger partial charge in [-0.3, -0.25) is 0 Å². The minimum absolute atomic E-state index is 0.0201. The standard InChI is InChI=1S/C14H10O7S/c15-13(16)9-6-5-8(7-10(9)14(17)18)21-11-3-1-2-4-12(11)22(19)20/h1-7,22H,(H,15,16)(H,17,18). The van der Waals surface area contributed by atoms with Crippen molar-refractivity contribution >= 4 is 22.6 Å². The second kappa shape index (κ2) is 6.27. The van der Waals surface area contributed by atoms with Crippen LogP contribution < -0.4 is 4.74 Å². The molecule has 0 aliphatic rings. The number of hydrogen-bond acceptors (Lipinski definition) is 5. The summed E-state index contributed by atoms with van der Waals surface area (Å²) in [4.78, 5) is 22.0. The van der Waals surface area contributed by atoms with Crippen molar-refractivity contribution in [3.05, 3.63) is 53.6 Å². The van der Waals surface area contributed by atoms with Crippen LogP contribution in [0.2, 0.25) is 0 Å². The first kappa shape index (κ1) is 15.5. The van der Waals surface area contributed by atoms with Crippen molar-refractivity contribution in [1.82, 2.24) is 0 Å². The van der Waals surface area contributed by atoms with Crippen LogP contribution in [0.25, 0.3) is 0 Å². The van der Waals surface area contributed by atoms with Crippen LogP contribution in [0.1, 0.15) is 20.7 Å². The summed E-state index contributed by atoms with van der Waals surface area (Å²) in [6, 6.07) is 9.19. The molecule has 114 valence electrons. The average Bonchev–Trinajstić information content (AvgIpc) is 2.47. The number of carboxylic acid groups (broad SMARTS) is 2. The first-order valence-corrected chi connectivity index (χ1v) is 7.10. The van der Waals surface area contributed by atoms with Crippen LogP contribution >= 0.6 is 0 Å². The van der Waals surface area contributed by atoms with Gasteiger partial charge in [0.05, 0.1) is 11.1 Å². The van der Waals surface area contributed by atoms with Gasteiger partial charge in [-0.1, -0.05) is 12.1 Å². The third-order valence-electron chi connectivity index (χ3n) is 2.74. The van der Waals surface area contributed by atoms with Gasteiger partial charge >= 0.3 is 11.9 Å². The fourth-order valence-electron chi connectivity index (χ4n) is 1.77. The van der Waals surface area contributed by atoms with Gasteiger partial charge in [0.15, 0.2) is 10.7 Å². The van der Waals surface area contributed by atoms with E-state index in [0.717, 1.165) is 12.1 Å². The van der Waals surface area contributed by atoms with Crippen molar-refractivity contribution in [2.24, 2.45) is 0 Å². The Kier molecular flexibility index (Phi) is 4.42. The molecule has 0 spiro atoms. The van der Waals surface area contributed by atoms with Crippen LogP contribution in [0.5, 0.6) is 11.5 Å². The van der Waals surface area contributed by atoms with Gasteiger partial charge in [0.1, 0.15) is 16.4 Å². The van der Waals surface area contributed by atoms with Crippen molar-refractivity contribution in [2.45, 2.75) is 4.90 Å². The zero-order valence-electron chi connectivity index (χ0n) is 10.9. The van der Waals surface area contributed by atoms with Crippen molar-refractivity contribution in [2.75, 3.05) is 0 Å². The summed E-state index contributed by atoms with van der Waals surface area (Å²) < 4.78 is 27.6. The van der Waals surface area contributed by atoms with Gasteiger partial charge in [0.25, 0.3) is 0 Å². The molecule has 0 saturated carbocycles. The van der Waals surface area contributed by atoms with Gasteiger partial charge in [-0.25, -0.2) is 18.0 Å². The smallest absolute Gasteiger partial charge is 0.336 e. The molecule has 2 aromatic rings. The van der Waals surface area contributed by atoms with Crippen molar-refractivity contribution < 1.29 is 33.0 Å². The lowest BCUT2D eigenvalue weighted by Crippen LogP contribution is -2.08. The average molecular weight is 322 g/mol. The zero-order chi connectivity index (χ0) is 16.3. The largest absolute Gasteiger partial charge is 0.478 e. The highest BCUT2D eigenvalue weighted by atomic mass is 32.2. The van der Waals surface area contributed by atoms with E-state index in [1.165, 1.54) is 24.3 Å². The van der Waals surface area contributed by atoms with Crippen LogP contribution in [0.3, 0.4) is 0 Å². The van der Waals surface area contributed by atoms with Crippen molar-refractivity contribution in [3.63, 3.8) is 0 Å². The molecule has 0 radical (unpaired) electrons. The maximum atomic E-state index is 11.1. The van der Waals surface area contributed by atoms with E-state index in [4.69, 9.17) is 14.9 Å². The van der Waals surface area contributed by atoms with E-state index >= 15 is 0 Å². The second-order valence-corrected chi connectivity index (χ2v) is 5.14. The maximum Gasteiger partial charge on any atom is 0.336 e. The lowest BCUT2D eigenvalue weighted by molar-refractivity contribution is 0.0651. The molecule has 0 amide bonds. The van der Waals surface area contributed by atoms with Gasteiger partial charge in [-0.15, -0.1) is 0 Å². The molecule has 0 unspecified atom stereocenters. The molecule has 0 aromatic heterocycles. The highest BCUT2D eigenvalue weighted by Gasteiger charge is 2.17. The van der Waals surface area contributed by atoms with E-state index in [9.17, 15) is 18.0 Å². The summed E-state index contributed by atoms with van der Waals surface area (Å²) >= 11 is 0. The van der Waals surface area contributed by atoms with E-state index in [-0.39, 0.29) is 22.0 Å². The molecule has 2 aromatic carbocycles. The first-order valence-electron chi connectivity index (χ1n) is 5.92. The number of rotatable bonds is 5. The lowest BCUT2D eigenvalue weighted by Gasteiger charge is -2.09. The van der Waals surface area contributed by atoms with E-state index in [0.29, 0.717) is 0 Å². The predicted molar refractivity (Wildman–Crippen MR) is 75.5 cm³/mol. The van der Waals surface area contributed by atoms with Crippen LogP contribution in [-0.2, 0) is 10.7 Å². The second-order valence-electron chi connectivity index (χ2n) is 4.14. The van der Waals surface area contributed by atoms with E-state index in [2.05, 4.69) is 0 Å². The number of para-hydroxylation sites is 1. The predicted octanol–water partition coefficient (Wildman–Crippen LogP) is 1.85. The molecular formula is C14H10O7S. The molecule has 0 aliphatic heterocycles. The van der Waals surface area contributed by atoms with Gasteiger partial charge < -0.3 is 14.9 Å². The Morgan fingerprint density at radius 1 is 0.909 bits per heavy atom. The molecule has 0 heterocycles. The molecule has 0 aliphatic carbocycles. The van der Waals surface area contributed by atoms with E-state index in [1.807, 2.05) is 0 Å². The highest BCUT2D eigenvalue weighted by molar-refractivity contribution is 7.72. The number of carbonyl (C=O) groups is 2. The monoisotopic (exact) mass is 322 g/mol. The van der Waals surface area contributed by atoms with Gasteiger partial charge in [0, 0.05) is 0 Å². The summed E-state index contributed by atoms with van der Waals surface area (Å²) in [6.07, 6.45) is 0. The molecule has 0 saturated heterocycles. The van der Waals surface area contributed by atoms with Gasteiger partial charge in [-0.05, 0) is 30.3 Å². The summed E-state index contributed by atoms with van der Waals surface area (Å²) in [5, 5.41) is 18.0. The number of thiol groups is 1. The number of carboxylic acids is 2. The topological polar surface area (TPSA) is 118 Å². The quantitative estimate of drug-likeness (QED) is 0.719. The minimum Gasteiger partial charge on any atom is -0.478 e. The molecule has 2 rings (SSSR count). The third kappa shape index (κ3) is 3.23. The molecule has 22 heavy (non-hydrogen) atoms. The van der Waals surface area contributed by atoms with Crippen LogP contribution in [0.15, 0.2) is 47.4 Å². The number of hydrogen-bond donors (Lipinski definition) is 3. The Balaban J connectivity index is 2.45. The Hall–Kier alpha value is -2.87. The number of ether oxygens (including phenoxy) is 1. The molecule has 0 atom stereocenters. The molecule has 8 heteroatoms. The van der Waals surface area contributed by atoms with Crippen LogP contribution in [0, 0.1) is 0 Å². The number of benzene rings is 2. The minimum atomic E-state index is -2.88. The Labute approximate surface area is 126 Å². The highest BCUT2D eigenvalue weighted by Crippen LogP contribution is 2.28. The molecule has 0 fully saturated rings. The molecule has 7 nitrogen and oxygen atoms in total. The molecule has 0 bridgehead atoms.